The molecule has 1 saturated carbocycles. The van der Waals surface area contributed by atoms with Gasteiger partial charge in [0, 0.05) is 34.5 Å². The number of amides is 3. The first-order chi connectivity index (χ1) is 19.7. The summed E-state index contributed by atoms with van der Waals surface area (Å²) >= 11 is -0.940. The molecular formula is C28H24F2N4O5S2. The Balaban J connectivity index is 1.44. The van der Waals surface area contributed by atoms with Crippen LogP contribution in [-0.4, -0.2) is 47.1 Å². The van der Waals surface area contributed by atoms with Crippen molar-refractivity contribution in [2.75, 3.05) is 19.0 Å². The fourth-order valence-corrected chi connectivity index (χ4v) is 6.54. The van der Waals surface area contributed by atoms with Gasteiger partial charge in [-0.3, -0.25) is 14.9 Å². The highest BCUT2D eigenvalue weighted by Gasteiger charge is 2.37. The fraction of sp³-hybridized carbons (Fsp3) is 0.214. The van der Waals surface area contributed by atoms with Crippen LogP contribution in [0, 0.1) is 11.6 Å². The van der Waals surface area contributed by atoms with Crippen LogP contribution in [0.25, 0.3) is 21.3 Å². The van der Waals surface area contributed by atoms with E-state index in [1.807, 2.05) is 0 Å². The second kappa shape index (κ2) is 12.2. The van der Waals surface area contributed by atoms with Crippen molar-refractivity contribution in [1.29, 1.82) is 0 Å². The molecule has 41 heavy (non-hydrogen) atoms. The normalized spacial score (nSPS) is 14.2. The Hall–Kier alpha value is -4.07. The van der Waals surface area contributed by atoms with E-state index in [2.05, 4.69) is 25.7 Å². The maximum absolute atomic E-state index is 15.2. The third-order valence-electron chi connectivity index (χ3n) is 6.21. The number of thiazole rings is 1. The Morgan fingerprint density at radius 2 is 1.80 bits per heavy atom. The molecule has 4 aromatic rings. The van der Waals surface area contributed by atoms with Crippen molar-refractivity contribution in [3.05, 3.63) is 77.3 Å². The topological polar surface area (TPSA) is 132 Å². The van der Waals surface area contributed by atoms with E-state index < -0.39 is 40.1 Å². The summed E-state index contributed by atoms with van der Waals surface area (Å²) in [6.07, 6.45) is 1.13. The van der Waals surface area contributed by atoms with Crippen molar-refractivity contribution >= 4 is 56.3 Å². The Bertz CT molecular complexity index is 1590. The van der Waals surface area contributed by atoms with Gasteiger partial charge in [0.05, 0.1) is 23.9 Å². The van der Waals surface area contributed by atoms with E-state index in [0.717, 1.165) is 36.3 Å². The van der Waals surface area contributed by atoms with E-state index in [4.69, 9.17) is 0 Å². The molecule has 0 spiro atoms. The van der Waals surface area contributed by atoms with Crippen molar-refractivity contribution < 1.29 is 32.5 Å². The van der Waals surface area contributed by atoms with Crippen molar-refractivity contribution in [1.82, 2.24) is 15.6 Å². The maximum atomic E-state index is 15.2. The number of nitrogens with one attached hydrogen (secondary N) is 3. The van der Waals surface area contributed by atoms with Gasteiger partial charge in [-0.15, -0.1) is 11.3 Å². The molecule has 0 bridgehead atoms. The zero-order chi connectivity index (χ0) is 29.1. The van der Waals surface area contributed by atoms with Gasteiger partial charge in [0.25, 0.3) is 5.91 Å². The monoisotopic (exact) mass is 598 g/mol. The van der Waals surface area contributed by atoms with Crippen LogP contribution in [-0.2, 0) is 25.5 Å². The Labute approximate surface area is 240 Å². The van der Waals surface area contributed by atoms with E-state index in [-0.39, 0.29) is 39.5 Å². The van der Waals surface area contributed by atoms with Crippen LogP contribution in [0.1, 0.15) is 23.1 Å². The third-order valence-corrected chi connectivity index (χ3v) is 9.04. The van der Waals surface area contributed by atoms with Gasteiger partial charge in [-0.1, -0.05) is 12.1 Å². The lowest BCUT2D eigenvalue weighted by molar-refractivity contribution is -0.126. The van der Waals surface area contributed by atoms with E-state index in [1.165, 1.54) is 25.3 Å². The molecule has 2 atom stereocenters. The van der Waals surface area contributed by atoms with Gasteiger partial charge in [-0.05, 0) is 60.9 Å². The highest BCUT2D eigenvalue weighted by atomic mass is 32.2. The van der Waals surface area contributed by atoms with Crippen molar-refractivity contribution in [2.24, 2.45) is 0 Å². The number of carbonyl (C=O) groups excluding carboxylic acids is 3. The number of anilines is 1. The second-order valence-electron chi connectivity index (χ2n) is 9.24. The van der Waals surface area contributed by atoms with Gasteiger partial charge in [0.2, 0.25) is 11.2 Å². The first-order valence-electron chi connectivity index (χ1n) is 12.5. The predicted octanol–water partition coefficient (Wildman–Crippen LogP) is 4.66. The van der Waals surface area contributed by atoms with E-state index in [9.17, 15) is 23.3 Å². The number of hydrogen-bond donors (Lipinski definition) is 3. The molecule has 1 fully saturated rings. The van der Waals surface area contributed by atoms with Gasteiger partial charge >= 0.3 is 6.09 Å². The average Bonchev–Trinajstić information content (AvgIpc) is 3.69. The molecule has 1 aromatic heterocycles. The molecule has 0 saturated heterocycles. The highest BCUT2D eigenvalue weighted by Crippen LogP contribution is 2.37. The van der Waals surface area contributed by atoms with Gasteiger partial charge < -0.3 is 19.9 Å². The number of carbonyl (C=O) groups is 3. The number of halogens is 2. The minimum atomic E-state index is -2.01. The first-order valence-corrected chi connectivity index (χ1v) is 14.5. The molecular weight excluding hydrogens is 574 g/mol. The molecule has 0 radical (unpaired) electrons. The molecule has 3 amide bonds. The summed E-state index contributed by atoms with van der Waals surface area (Å²) in [4.78, 5) is 41.5. The Morgan fingerprint density at radius 1 is 1.10 bits per heavy atom. The summed E-state index contributed by atoms with van der Waals surface area (Å²) < 4.78 is 47.4. The van der Waals surface area contributed by atoms with Crippen molar-refractivity contribution in [3.63, 3.8) is 0 Å². The molecule has 1 heterocycles. The van der Waals surface area contributed by atoms with E-state index in [0.29, 0.717) is 16.0 Å². The summed E-state index contributed by atoms with van der Waals surface area (Å²) in [5.41, 5.74) is 1.51. The maximum Gasteiger partial charge on any atom is 0.411 e. The van der Waals surface area contributed by atoms with Crippen molar-refractivity contribution in [3.8, 4) is 11.1 Å². The van der Waals surface area contributed by atoms with Crippen LogP contribution in [0.5, 0.6) is 0 Å². The summed E-state index contributed by atoms with van der Waals surface area (Å²) in [5, 5.41) is 6.64. The number of ether oxygens (including phenoxy) is 1. The van der Waals surface area contributed by atoms with Crippen LogP contribution in [0.3, 0.4) is 0 Å². The molecule has 3 N–H and O–H groups in total. The Kier molecular flexibility index (Phi) is 8.47. The van der Waals surface area contributed by atoms with Crippen LogP contribution in [0.15, 0.2) is 65.6 Å². The minimum Gasteiger partial charge on any atom is -0.610 e. The summed E-state index contributed by atoms with van der Waals surface area (Å²) in [5.74, 6) is -2.16. The molecule has 1 aliphatic rings. The minimum absolute atomic E-state index is 0.109. The zero-order valence-corrected chi connectivity index (χ0v) is 23.2. The van der Waals surface area contributed by atoms with E-state index in [1.54, 1.807) is 30.3 Å². The molecule has 0 aliphatic heterocycles. The Morgan fingerprint density at radius 3 is 2.46 bits per heavy atom. The molecule has 2 unspecified atom stereocenters. The lowest BCUT2D eigenvalue weighted by Gasteiger charge is -2.19. The molecule has 212 valence electrons. The number of aromatic nitrogens is 1. The quantitative estimate of drug-likeness (QED) is 0.240. The standard InChI is InChI=1S/C28H24F2N4O5S2/c1-39-28(37)33-18-6-2-15(3-7-18)20-12-23-22(13-21(20)30)34-27(40-23)25(41(38)19-10-4-16(29)5-11-19)26(36)31-14-24(35)32-17-8-9-17/h2-7,10-13,17,25H,8-9,14H2,1H3,(H,31,36)(H,32,35)(H,33,37). The number of rotatable bonds is 9. The van der Waals surface area contributed by atoms with Gasteiger partial charge in [-0.2, -0.15) is 0 Å². The van der Waals surface area contributed by atoms with Crippen LogP contribution in [0.4, 0.5) is 19.3 Å². The largest absolute Gasteiger partial charge is 0.610 e. The van der Waals surface area contributed by atoms with Crippen molar-refractivity contribution in [2.45, 2.75) is 29.0 Å². The SMILES string of the molecule is COC(=O)Nc1ccc(-c2cc3sc(C(C(=O)NCC(=O)NC4CC4)[S+]([O-])c4ccc(F)cc4)nc3cc2F)cc1. The lowest BCUT2D eigenvalue weighted by Crippen LogP contribution is -2.41. The molecule has 13 heteroatoms. The third kappa shape index (κ3) is 6.81. The zero-order valence-electron chi connectivity index (χ0n) is 21.6. The van der Waals surface area contributed by atoms with Gasteiger partial charge in [0.1, 0.15) is 11.6 Å². The highest BCUT2D eigenvalue weighted by molar-refractivity contribution is 7.92. The van der Waals surface area contributed by atoms with Crippen LogP contribution in [0.2, 0.25) is 0 Å². The van der Waals surface area contributed by atoms with E-state index >= 15 is 4.39 Å². The molecule has 3 aromatic carbocycles. The lowest BCUT2D eigenvalue weighted by atomic mass is 10.0. The summed E-state index contributed by atoms with van der Waals surface area (Å²) in [7, 11) is 1.24. The van der Waals surface area contributed by atoms with Crippen LogP contribution >= 0.6 is 11.3 Å². The summed E-state index contributed by atoms with van der Waals surface area (Å²) in [6, 6.07) is 14.3. The second-order valence-corrected chi connectivity index (χ2v) is 11.8. The molecule has 1 aliphatic carbocycles. The molecule has 5 rings (SSSR count). The average molecular weight is 599 g/mol. The van der Waals surface area contributed by atoms with Crippen LogP contribution < -0.4 is 16.0 Å². The number of fused-ring (bicyclic) bond motifs is 1. The number of methoxy groups -OCH3 is 1. The number of benzene rings is 3. The predicted molar refractivity (Wildman–Crippen MR) is 151 cm³/mol. The smallest absolute Gasteiger partial charge is 0.411 e. The number of nitrogens with zero attached hydrogens (tertiary/aromatic N) is 1. The molecule has 9 nitrogen and oxygen atoms in total. The van der Waals surface area contributed by atoms with Gasteiger partial charge in [0.15, 0.2) is 9.90 Å². The summed E-state index contributed by atoms with van der Waals surface area (Å²) in [6.45, 7) is -0.309. The van der Waals surface area contributed by atoms with Gasteiger partial charge in [-0.25, -0.2) is 18.6 Å². The first kappa shape index (κ1) is 28.5. The number of hydrogen-bond acceptors (Lipinski definition) is 7. The fourth-order valence-electron chi connectivity index (χ4n) is 3.97.